The fourth-order valence-electron chi connectivity index (χ4n) is 2.93. The third kappa shape index (κ3) is 2.20. The first-order valence-electron chi connectivity index (χ1n) is 7.10. The van der Waals surface area contributed by atoms with Gasteiger partial charge in [0.25, 0.3) is 0 Å². The third-order valence-electron chi connectivity index (χ3n) is 4.08. The standard InChI is InChI=1S/C16H21N3O/c1-11-15(8-17-3)12(2)19(18-11)9-13-10-20-16-7-5-4-6-14(13)16/h4-7,13,17H,8-10H2,1-3H3. The molecule has 0 fully saturated rings. The van der Waals surface area contributed by atoms with Crippen molar-refractivity contribution in [2.45, 2.75) is 32.9 Å². The molecule has 1 atom stereocenters. The predicted octanol–water partition coefficient (Wildman–Crippen LogP) is 2.40. The summed E-state index contributed by atoms with van der Waals surface area (Å²) in [5.74, 6) is 1.42. The molecule has 4 nitrogen and oxygen atoms in total. The molecule has 0 saturated heterocycles. The second-order valence-electron chi connectivity index (χ2n) is 5.41. The minimum absolute atomic E-state index is 0.395. The first kappa shape index (κ1) is 13.2. The van der Waals surface area contributed by atoms with Crippen LogP contribution in [-0.4, -0.2) is 23.4 Å². The van der Waals surface area contributed by atoms with Crippen LogP contribution in [0.2, 0.25) is 0 Å². The van der Waals surface area contributed by atoms with Crippen LogP contribution in [0.5, 0.6) is 5.75 Å². The molecule has 1 aromatic heterocycles. The summed E-state index contributed by atoms with van der Waals surface area (Å²) in [4.78, 5) is 0. The maximum atomic E-state index is 5.75. The lowest BCUT2D eigenvalue weighted by Crippen LogP contribution is -2.13. The SMILES string of the molecule is CNCc1c(C)nn(CC2COc3ccccc32)c1C. The zero-order valence-corrected chi connectivity index (χ0v) is 12.3. The maximum absolute atomic E-state index is 5.75. The molecule has 1 N–H and O–H groups in total. The molecule has 106 valence electrons. The monoisotopic (exact) mass is 271 g/mol. The van der Waals surface area contributed by atoms with E-state index in [0.29, 0.717) is 5.92 Å². The van der Waals surface area contributed by atoms with E-state index in [-0.39, 0.29) is 0 Å². The molecule has 0 spiro atoms. The fourth-order valence-corrected chi connectivity index (χ4v) is 2.93. The molecule has 0 bridgehead atoms. The van der Waals surface area contributed by atoms with Crippen LogP contribution in [0.3, 0.4) is 0 Å². The van der Waals surface area contributed by atoms with E-state index in [9.17, 15) is 0 Å². The number of benzene rings is 1. The Labute approximate surface area is 119 Å². The van der Waals surface area contributed by atoms with E-state index in [1.54, 1.807) is 0 Å². The van der Waals surface area contributed by atoms with Gasteiger partial charge in [-0.2, -0.15) is 5.10 Å². The highest BCUT2D eigenvalue weighted by atomic mass is 16.5. The Morgan fingerprint density at radius 2 is 2.15 bits per heavy atom. The highest BCUT2D eigenvalue weighted by molar-refractivity contribution is 5.39. The molecule has 4 heteroatoms. The van der Waals surface area contributed by atoms with Gasteiger partial charge in [0.1, 0.15) is 5.75 Å². The molecule has 2 aromatic rings. The van der Waals surface area contributed by atoms with Crippen LogP contribution < -0.4 is 10.1 Å². The number of nitrogens with one attached hydrogen (secondary N) is 1. The summed E-state index contributed by atoms with van der Waals surface area (Å²) in [6.07, 6.45) is 0. The van der Waals surface area contributed by atoms with Gasteiger partial charge in [0.15, 0.2) is 0 Å². The molecule has 1 aromatic carbocycles. The summed E-state index contributed by atoms with van der Waals surface area (Å²) >= 11 is 0. The van der Waals surface area contributed by atoms with Gasteiger partial charge in [0.05, 0.1) is 18.8 Å². The van der Waals surface area contributed by atoms with E-state index in [0.717, 1.165) is 31.1 Å². The second kappa shape index (κ2) is 5.29. The largest absolute Gasteiger partial charge is 0.493 e. The average molecular weight is 271 g/mol. The Kier molecular flexibility index (Phi) is 3.49. The van der Waals surface area contributed by atoms with Crippen molar-refractivity contribution in [2.24, 2.45) is 0 Å². The molecular weight excluding hydrogens is 250 g/mol. The van der Waals surface area contributed by atoms with Crippen LogP contribution in [0, 0.1) is 13.8 Å². The van der Waals surface area contributed by atoms with Crippen molar-refractivity contribution < 1.29 is 4.74 Å². The first-order chi connectivity index (χ1) is 9.70. The van der Waals surface area contributed by atoms with Crippen molar-refractivity contribution in [1.82, 2.24) is 15.1 Å². The van der Waals surface area contributed by atoms with Crippen molar-refractivity contribution in [3.05, 3.63) is 46.8 Å². The average Bonchev–Trinajstić information content (AvgIpc) is 2.97. The molecule has 0 aliphatic carbocycles. The van der Waals surface area contributed by atoms with Crippen LogP contribution in [0.1, 0.15) is 28.4 Å². The number of aryl methyl sites for hydroxylation is 1. The van der Waals surface area contributed by atoms with Crippen LogP contribution >= 0.6 is 0 Å². The summed E-state index contributed by atoms with van der Waals surface area (Å²) in [6.45, 7) is 6.73. The second-order valence-corrected chi connectivity index (χ2v) is 5.41. The lowest BCUT2D eigenvalue weighted by Gasteiger charge is -2.11. The molecule has 3 rings (SSSR count). The lowest BCUT2D eigenvalue weighted by molar-refractivity contribution is 0.314. The third-order valence-corrected chi connectivity index (χ3v) is 4.08. The summed E-state index contributed by atoms with van der Waals surface area (Å²) in [6, 6.07) is 8.31. The Morgan fingerprint density at radius 1 is 1.35 bits per heavy atom. The Morgan fingerprint density at radius 3 is 2.95 bits per heavy atom. The number of hydrogen-bond donors (Lipinski definition) is 1. The van der Waals surface area contributed by atoms with Gasteiger partial charge < -0.3 is 10.1 Å². The van der Waals surface area contributed by atoms with Gasteiger partial charge in [-0.15, -0.1) is 0 Å². The molecule has 1 aliphatic heterocycles. The molecular formula is C16H21N3O. The Bertz CT molecular complexity index is 618. The summed E-state index contributed by atoms with van der Waals surface area (Å²) in [5, 5.41) is 7.90. The molecule has 1 aliphatic rings. The van der Waals surface area contributed by atoms with Gasteiger partial charge in [0.2, 0.25) is 0 Å². The van der Waals surface area contributed by atoms with Crippen LogP contribution in [-0.2, 0) is 13.1 Å². The quantitative estimate of drug-likeness (QED) is 0.928. The van der Waals surface area contributed by atoms with E-state index >= 15 is 0 Å². The van der Waals surface area contributed by atoms with Crippen LogP contribution in [0.4, 0.5) is 0 Å². The van der Waals surface area contributed by atoms with Crippen molar-refractivity contribution in [1.29, 1.82) is 0 Å². The van der Waals surface area contributed by atoms with Crippen molar-refractivity contribution in [3.63, 3.8) is 0 Å². The molecule has 20 heavy (non-hydrogen) atoms. The minimum Gasteiger partial charge on any atom is -0.493 e. The van der Waals surface area contributed by atoms with Gasteiger partial charge >= 0.3 is 0 Å². The van der Waals surface area contributed by atoms with Crippen molar-refractivity contribution in [2.75, 3.05) is 13.7 Å². The Balaban J connectivity index is 1.85. The highest BCUT2D eigenvalue weighted by Gasteiger charge is 2.25. The van der Waals surface area contributed by atoms with Gasteiger partial charge in [-0.25, -0.2) is 0 Å². The van der Waals surface area contributed by atoms with Gasteiger partial charge in [-0.05, 0) is 27.0 Å². The number of hydrogen-bond acceptors (Lipinski definition) is 3. The molecule has 0 radical (unpaired) electrons. The molecule has 1 unspecified atom stereocenters. The van der Waals surface area contributed by atoms with E-state index in [1.807, 2.05) is 19.2 Å². The number of ether oxygens (including phenoxy) is 1. The minimum atomic E-state index is 0.395. The van der Waals surface area contributed by atoms with Gasteiger partial charge in [-0.1, -0.05) is 18.2 Å². The zero-order chi connectivity index (χ0) is 14.1. The first-order valence-corrected chi connectivity index (χ1v) is 7.10. The van der Waals surface area contributed by atoms with E-state index in [2.05, 4.69) is 41.1 Å². The normalized spacial score (nSPS) is 17.1. The van der Waals surface area contributed by atoms with Crippen molar-refractivity contribution >= 4 is 0 Å². The summed E-state index contributed by atoms with van der Waals surface area (Å²) in [7, 11) is 1.97. The van der Waals surface area contributed by atoms with Gasteiger partial charge in [0, 0.05) is 29.3 Å². The van der Waals surface area contributed by atoms with Crippen LogP contribution in [0.25, 0.3) is 0 Å². The van der Waals surface area contributed by atoms with Crippen LogP contribution in [0.15, 0.2) is 24.3 Å². The number of aromatic nitrogens is 2. The topological polar surface area (TPSA) is 39.1 Å². The number of rotatable bonds is 4. The number of nitrogens with zero attached hydrogens (tertiary/aromatic N) is 2. The van der Waals surface area contributed by atoms with Gasteiger partial charge in [-0.3, -0.25) is 4.68 Å². The zero-order valence-electron chi connectivity index (χ0n) is 12.3. The highest BCUT2D eigenvalue weighted by Crippen LogP contribution is 2.34. The van der Waals surface area contributed by atoms with E-state index in [1.165, 1.54) is 16.8 Å². The lowest BCUT2D eigenvalue weighted by atomic mass is 10.0. The fraction of sp³-hybridized carbons (Fsp3) is 0.438. The van der Waals surface area contributed by atoms with Crippen molar-refractivity contribution in [3.8, 4) is 5.75 Å². The smallest absolute Gasteiger partial charge is 0.122 e. The van der Waals surface area contributed by atoms with E-state index in [4.69, 9.17) is 4.74 Å². The summed E-state index contributed by atoms with van der Waals surface area (Å²) < 4.78 is 7.88. The molecule has 2 heterocycles. The molecule has 0 amide bonds. The number of para-hydroxylation sites is 1. The van der Waals surface area contributed by atoms with E-state index < -0.39 is 0 Å². The summed E-state index contributed by atoms with van der Waals surface area (Å²) in [5.41, 5.74) is 4.97. The predicted molar refractivity (Wildman–Crippen MR) is 79.1 cm³/mol. The molecule has 0 saturated carbocycles. The number of fused-ring (bicyclic) bond motifs is 1. The Hall–Kier alpha value is -1.81. The maximum Gasteiger partial charge on any atom is 0.122 e.